The number of carbonyl (C=O) groups is 2. The molecule has 0 radical (unpaired) electrons. The van der Waals surface area contributed by atoms with Gasteiger partial charge in [-0.25, -0.2) is 10.2 Å². The number of carboxylic acid groups (broad SMARTS) is 1. The van der Waals surface area contributed by atoms with Gasteiger partial charge in [0.2, 0.25) is 0 Å². The summed E-state index contributed by atoms with van der Waals surface area (Å²) < 4.78 is 1.88. The van der Waals surface area contributed by atoms with Crippen molar-refractivity contribution in [2.75, 3.05) is 11.9 Å². The van der Waals surface area contributed by atoms with E-state index in [1.807, 2.05) is 10.8 Å². The smallest absolute Gasteiger partial charge is 0.409 e. The first-order chi connectivity index (χ1) is 10.1. The highest BCUT2D eigenvalue weighted by molar-refractivity contribution is 6.15. The Morgan fingerprint density at radius 3 is 3.00 bits per heavy atom. The van der Waals surface area contributed by atoms with Gasteiger partial charge in [0.1, 0.15) is 0 Å². The molecule has 0 fully saturated rings. The summed E-state index contributed by atoms with van der Waals surface area (Å²) in [5.74, 6) is -0.380. The minimum absolute atomic E-state index is 0.324. The highest BCUT2D eigenvalue weighted by atomic mass is 16.4. The number of hydrazone groups is 1. The number of rotatable bonds is 3. The number of benzene rings is 1. The lowest BCUT2D eigenvalue weighted by molar-refractivity contribution is 0.0957. The Balaban J connectivity index is 2.29. The van der Waals surface area contributed by atoms with Crippen LogP contribution in [0.2, 0.25) is 0 Å². The Labute approximate surface area is 119 Å². The van der Waals surface area contributed by atoms with E-state index in [9.17, 15) is 9.59 Å². The zero-order valence-corrected chi connectivity index (χ0v) is 11.0. The van der Waals surface area contributed by atoms with Crippen molar-refractivity contribution in [1.82, 2.24) is 9.99 Å². The van der Waals surface area contributed by atoms with Crippen molar-refractivity contribution in [3.63, 3.8) is 0 Å². The quantitative estimate of drug-likeness (QED) is 0.666. The summed E-state index contributed by atoms with van der Waals surface area (Å²) in [6, 6.07) is 3.18. The van der Waals surface area contributed by atoms with E-state index < -0.39 is 6.09 Å². The van der Waals surface area contributed by atoms with Crippen LogP contribution >= 0.6 is 0 Å². The molecule has 8 nitrogen and oxygen atoms in total. The molecule has 0 aliphatic carbocycles. The first-order valence-corrected chi connectivity index (χ1v) is 6.30. The Hall–Kier alpha value is -2.87. The van der Waals surface area contributed by atoms with E-state index >= 15 is 0 Å². The molecular formula is C13H13N5O3. The van der Waals surface area contributed by atoms with Crippen molar-refractivity contribution in [3.8, 4) is 0 Å². The molecule has 0 unspecified atom stereocenters. The zero-order chi connectivity index (χ0) is 15.0. The molecule has 108 valence electrons. The number of carbonyl (C=O) groups excluding carboxylic acids is 1. The minimum atomic E-state index is -1.19. The standard InChI is InChI=1S/C13H13N5O3/c14-1-2-18-6-7-5-15-17-12(19)9-3-8(16-13(20)21)4-10(18)11(7)9/h3-6,16H,1-2,14H2,(H,17,19)(H,20,21). The molecule has 1 aliphatic rings. The van der Waals surface area contributed by atoms with Gasteiger partial charge in [0.05, 0.1) is 17.3 Å². The largest absolute Gasteiger partial charge is 0.465 e. The number of hydrogen-bond donors (Lipinski definition) is 4. The van der Waals surface area contributed by atoms with Gasteiger partial charge in [-0.3, -0.25) is 10.1 Å². The van der Waals surface area contributed by atoms with Gasteiger partial charge >= 0.3 is 6.09 Å². The monoisotopic (exact) mass is 287 g/mol. The molecular weight excluding hydrogens is 274 g/mol. The van der Waals surface area contributed by atoms with E-state index in [2.05, 4.69) is 15.8 Å². The summed E-state index contributed by atoms with van der Waals surface area (Å²) in [6.45, 7) is 0.987. The predicted octanol–water partition coefficient (Wildman–Crippen LogP) is 0.767. The lowest BCUT2D eigenvalue weighted by atomic mass is 10.1. The van der Waals surface area contributed by atoms with Gasteiger partial charge < -0.3 is 15.4 Å². The maximum Gasteiger partial charge on any atom is 0.409 e. The normalized spacial score (nSPS) is 13.1. The van der Waals surface area contributed by atoms with Crippen molar-refractivity contribution in [2.45, 2.75) is 6.54 Å². The maximum absolute atomic E-state index is 12.1. The molecule has 0 atom stereocenters. The van der Waals surface area contributed by atoms with Crippen LogP contribution < -0.4 is 16.5 Å². The molecule has 1 aromatic carbocycles. The Morgan fingerprint density at radius 2 is 2.29 bits per heavy atom. The van der Waals surface area contributed by atoms with Crippen molar-refractivity contribution in [3.05, 3.63) is 29.5 Å². The van der Waals surface area contributed by atoms with Crippen molar-refractivity contribution in [2.24, 2.45) is 10.8 Å². The van der Waals surface area contributed by atoms with Crippen LogP contribution in [0.15, 0.2) is 23.4 Å². The van der Waals surface area contributed by atoms with Gasteiger partial charge in [-0.15, -0.1) is 0 Å². The molecule has 2 amide bonds. The summed E-state index contributed by atoms with van der Waals surface area (Å²) in [6.07, 6.45) is 2.22. The van der Waals surface area contributed by atoms with Gasteiger partial charge in [0, 0.05) is 35.9 Å². The second-order valence-corrected chi connectivity index (χ2v) is 4.61. The molecule has 1 aromatic heterocycles. The Bertz CT molecular complexity index is 778. The lowest BCUT2D eigenvalue weighted by Gasteiger charge is -2.09. The molecule has 2 heterocycles. The lowest BCUT2D eigenvalue weighted by Crippen LogP contribution is -2.17. The molecule has 5 N–H and O–H groups in total. The van der Waals surface area contributed by atoms with E-state index in [1.165, 1.54) is 6.07 Å². The highest BCUT2D eigenvalue weighted by Gasteiger charge is 2.20. The third kappa shape index (κ3) is 2.21. The SMILES string of the molecule is NCCn1cc2c3c(cc(NC(=O)O)cc31)C(=O)NN=C2. The van der Waals surface area contributed by atoms with Crippen LogP contribution in [-0.2, 0) is 6.54 Å². The highest BCUT2D eigenvalue weighted by Crippen LogP contribution is 2.29. The van der Waals surface area contributed by atoms with Crippen LogP contribution in [0.4, 0.5) is 10.5 Å². The van der Waals surface area contributed by atoms with Gasteiger partial charge in [0.15, 0.2) is 0 Å². The number of amides is 2. The Morgan fingerprint density at radius 1 is 1.48 bits per heavy atom. The second-order valence-electron chi connectivity index (χ2n) is 4.61. The van der Waals surface area contributed by atoms with Crippen LogP contribution in [0.3, 0.4) is 0 Å². The average molecular weight is 287 g/mol. The van der Waals surface area contributed by atoms with Crippen molar-refractivity contribution >= 4 is 34.8 Å². The van der Waals surface area contributed by atoms with Gasteiger partial charge in [-0.05, 0) is 12.1 Å². The average Bonchev–Trinajstić information content (AvgIpc) is 2.67. The summed E-state index contributed by atoms with van der Waals surface area (Å²) in [7, 11) is 0. The van der Waals surface area contributed by atoms with Crippen LogP contribution in [-0.4, -0.2) is 34.4 Å². The fourth-order valence-corrected chi connectivity index (χ4v) is 2.48. The molecule has 0 saturated heterocycles. The summed E-state index contributed by atoms with van der Waals surface area (Å²) in [4.78, 5) is 22.9. The maximum atomic E-state index is 12.1. The molecule has 1 aliphatic heterocycles. The third-order valence-corrected chi connectivity index (χ3v) is 3.25. The predicted molar refractivity (Wildman–Crippen MR) is 77.7 cm³/mol. The van der Waals surface area contributed by atoms with Crippen molar-refractivity contribution < 1.29 is 14.7 Å². The second kappa shape index (κ2) is 4.91. The van der Waals surface area contributed by atoms with E-state index in [0.29, 0.717) is 24.3 Å². The molecule has 0 bridgehead atoms. The van der Waals surface area contributed by atoms with Crippen LogP contribution in [0.5, 0.6) is 0 Å². The summed E-state index contributed by atoms with van der Waals surface area (Å²) >= 11 is 0. The number of nitrogens with zero attached hydrogens (tertiary/aromatic N) is 2. The van der Waals surface area contributed by atoms with Gasteiger partial charge in [-0.1, -0.05) is 0 Å². The molecule has 8 heteroatoms. The molecule has 3 rings (SSSR count). The Kier molecular flexibility index (Phi) is 3.07. The fourth-order valence-electron chi connectivity index (χ4n) is 2.48. The first kappa shape index (κ1) is 13.1. The summed E-state index contributed by atoms with van der Waals surface area (Å²) in [5.41, 5.74) is 10.2. The van der Waals surface area contributed by atoms with Crippen LogP contribution in [0.1, 0.15) is 15.9 Å². The number of anilines is 1. The minimum Gasteiger partial charge on any atom is -0.465 e. The molecule has 2 aromatic rings. The molecule has 21 heavy (non-hydrogen) atoms. The third-order valence-electron chi connectivity index (χ3n) is 3.25. The van der Waals surface area contributed by atoms with Gasteiger partial charge in [0.25, 0.3) is 5.91 Å². The topological polar surface area (TPSA) is 122 Å². The number of nitrogens with one attached hydrogen (secondary N) is 2. The summed E-state index contributed by atoms with van der Waals surface area (Å²) in [5, 5.41) is 15.7. The van der Waals surface area contributed by atoms with Gasteiger partial charge in [-0.2, -0.15) is 5.10 Å². The van der Waals surface area contributed by atoms with E-state index in [4.69, 9.17) is 10.8 Å². The first-order valence-electron chi connectivity index (χ1n) is 6.30. The zero-order valence-electron chi connectivity index (χ0n) is 11.0. The molecule has 0 saturated carbocycles. The van der Waals surface area contributed by atoms with E-state index in [1.54, 1.807) is 12.3 Å². The van der Waals surface area contributed by atoms with E-state index in [0.717, 1.165) is 16.5 Å². The fraction of sp³-hybridized carbons (Fsp3) is 0.154. The van der Waals surface area contributed by atoms with Crippen molar-refractivity contribution in [1.29, 1.82) is 0 Å². The van der Waals surface area contributed by atoms with Crippen LogP contribution in [0, 0.1) is 0 Å². The molecule has 0 spiro atoms. The number of nitrogens with two attached hydrogens (primary N) is 1. The number of aromatic nitrogens is 1. The van der Waals surface area contributed by atoms with Crippen LogP contribution in [0.25, 0.3) is 10.9 Å². The number of hydrogen-bond acceptors (Lipinski definition) is 4. The van der Waals surface area contributed by atoms with E-state index in [-0.39, 0.29) is 5.91 Å².